The van der Waals surface area contributed by atoms with Crippen molar-refractivity contribution in [1.29, 1.82) is 0 Å². The van der Waals surface area contributed by atoms with Crippen LogP contribution in [0.2, 0.25) is 0 Å². The largest absolute Gasteiger partial charge is 0.416 e. The van der Waals surface area contributed by atoms with Crippen LogP contribution < -0.4 is 10.6 Å². The van der Waals surface area contributed by atoms with Crippen molar-refractivity contribution in [2.75, 3.05) is 17.2 Å². The van der Waals surface area contributed by atoms with Gasteiger partial charge in [0.25, 0.3) is 0 Å². The van der Waals surface area contributed by atoms with Crippen LogP contribution in [0.25, 0.3) is 10.6 Å². The topological polar surface area (TPSA) is 87.2 Å². The van der Waals surface area contributed by atoms with Crippen LogP contribution in [0, 0.1) is 0 Å². The first-order valence-electron chi connectivity index (χ1n) is 9.86. The highest BCUT2D eigenvalue weighted by atomic mass is 79.9. The Labute approximate surface area is 199 Å². The van der Waals surface area contributed by atoms with E-state index in [0.29, 0.717) is 29.5 Å². The maximum Gasteiger partial charge on any atom is 0.416 e. The van der Waals surface area contributed by atoms with Crippen molar-refractivity contribution in [3.05, 3.63) is 58.6 Å². The van der Waals surface area contributed by atoms with E-state index in [1.165, 1.54) is 28.4 Å². The summed E-state index contributed by atoms with van der Waals surface area (Å²) in [6.45, 7) is 0.309. The van der Waals surface area contributed by atoms with Crippen molar-refractivity contribution in [3.8, 4) is 10.6 Å². The van der Waals surface area contributed by atoms with Crippen molar-refractivity contribution in [2.45, 2.75) is 25.1 Å². The van der Waals surface area contributed by atoms with Gasteiger partial charge in [-0.25, -0.2) is 4.79 Å². The van der Waals surface area contributed by atoms with Crippen molar-refractivity contribution in [3.63, 3.8) is 0 Å². The molecule has 3 amide bonds. The standard InChI is InChI=1S/C21H17BrF3N5O2S/c22-14-8-6-12(7-9-14)18-28-29-19(33-18)27-17(31)16-5-2-10-30(16)20(32)26-15-4-1-3-13(11-15)21(23,24)25/h1,3-4,6-9,11,16H,2,5,10H2,(H,26,32)(H,27,29,31). The molecular formula is C21H17BrF3N5O2S. The van der Waals surface area contributed by atoms with Gasteiger partial charge >= 0.3 is 12.2 Å². The van der Waals surface area contributed by atoms with E-state index in [1.54, 1.807) is 0 Å². The van der Waals surface area contributed by atoms with Crippen molar-refractivity contribution >= 4 is 50.0 Å². The zero-order valence-electron chi connectivity index (χ0n) is 16.9. The number of hydrogen-bond acceptors (Lipinski definition) is 5. The van der Waals surface area contributed by atoms with E-state index in [2.05, 4.69) is 36.8 Å². The Balaban J connectivity index is 1.41. The summed E-state index contributed by atoms with van der Waals surface area (Å²) in [5.41, 5.74) is -0.0165. The van der Waals surface area contributed by atoms with E-state index in [0.717, 1.165) is 22.2 Å². The van der Waals surface area contributed by atoms with E-state index in [9.17, 15) is 22.8 Å². The first-order chi connectivity index (χ1) is 15.7. The highest BCUT2D eigenvalue weighted by molar-refractivity contribution is 9.10. The second-order valence-electron chi connectivity index (χ2n) is 7.27. The van der Waals surface area contributed by atoms with Crippen LogP contribution >= 0.6 is 27.3 Å². The number of carbonyl (C=O) groups is 2. The fourth-order valence-electron chi connectivity index (χ4n) is 3.42. The van der Waals surface area contributed by atoms with Gasteiger partial charge in [0.1, 0.15) is 11.0 Å². The predicted octanol–water partition coefficient (Wildman–Crippen LogP) is 5.62. The smallest absolute Gasteiger partial charge is 0.312 e. The molecule has 0 aliphatic carbocycles. The number of nitrogens with one attached hydrogen (secondary N) is 2. The molecule has 1 aliphatic heterocycles. The molecule has 7 nitrogen and oxygen atoms in total. The fraction of sp³-hybridized carbons (Fsp3) is 0.238. The number of alkyl halides is 3. The maximum atomic E-state index is 12.9. The van der Waals surface area contributed by atoms with Crippen LogP contribution in [0.4, 0.5) is 28.8 Å². The number of hydrogen-bond donors (Lipinski definition) is 2. The number of likely N-dealkylation sites (tertiary alicyclic amines) is 1. The normalized spacial score (nSPS) is 16.0. The number of nitrogens with zero attached hydrogens (tertiary/aromatic N) is 3. The Morgan fingerprint density at radius 1 is 1.09 bits per heavy atom. The molecule has 1 aliphatic rings. The van der Waals surface area contributed by atoms with Gasteiger partial charge < -0.3 is 10.2 Å². The van der Waals surface area contributed by atoms with Crippen molar-refractivity contribution in [1.82, 2.24) is 15.1 Å². The molecule has 1 atom stereocenters. The molecule has 12 heteroatoms. The number of aromatic nitrogens is 2. The minimum Gasteiger partial charge on any atom is -0.312 e. The summed E-state index contributed by atoms with van der Waals surface area (Å²) in [5.74, 6) is -0.426. The molecular weight excluding hydrogens is 523 g/mol. The molecule has 0 radical (unpaired) electrons. The molecule has 2 N–H and O–H groups in total. The number of urea groups is 1. The molecule has 0 spiro atoms. The minimum absolute atomic E-state index is 0.00384. The Morgan fingerprint density at radius 2 is 1.85 bits per heavy atom. The molecule has 1 unspecified atom stereocenters. The molecule has 2 aromatic carbocycles. The fourth-order valence-corrected chi connectivity index (χ4v) is 4.44. The third-order valence-corrected chi connectivity index (χ3v) is 6.42. The number of amides is 3. The second kappa shape index (κ2) is 9.48. The van der Waals surface area contributed by atoms with Gasteiger partial charge in [-0.05, 0) is 43.2 Å². The van der Waals surface area contributed by atoms with Gasteiger partial charge in [0, 0.05) is 22.3 Å². The van der Waals surface area contributed by atoms with Crippen LogP contribution in [-0.4, -0.2) is 39.6 Å². The number of carbonyl (C=O) groups excluding carboxylic acids is 2. The van der Waals surface area contributed by atoms with Gasteiger partial charge in [-0.3, -0.25) is 10.1 Å². The van der Waals surface area contributed by atoms with Crippen LogP contribution in [0.3, 0.4) is 0 Å². The first kappa shape index (κ1) is 23.2. The van der Waals surface area contributed by atoms with Crippen LogP contribution in [-0.2, 0) is 11.0 Å². The van der Waals surface area contributed by atoms with Gasteiger partial charge in [0.05, 0.1) is 5.56 Å². The average molecular weight is 540 g/mol. The summed E-state index contributed by atoms with van der Waals surface area (Å²) in [4.78, 5) is 26.8. The van der Waals surface area contributed by atoms with Crippen LogP contribution in [0.5, 0.6) is 0 Å². The molecule has 1 saturated heterocycles. The third-order valence-electron chi connectivity index (χ3n) is 5.00. The highest BCUT2D eigenvalue weighted by Crippen LogP contribution is 2.31. The van der Waals surface area contributed by atoms with Gasteiger partial charge in [-0.1, -0.05) is 45.5 Å². The maximum absolute atomic E-state index is 12.9. The van der Waals surface area contributed by atoms with E-state index in [1.807, 2.05) is 24.3 Å². The summed E-state index contributed by atoms with van der Waals surface area (Å²) in [6, 6.07) is 10.4. The van der Waals surface area contributed by atoms with E-state index in [4.69, 9.17) is 0 Å². The molecule has 0 bridgehead atoms. The van der Waals surface area contributed by atoms with Crippen molar-refractivity contribution < 1.29 is 22.8 Å². The number of rotatable bonds is 4. The molecule has 4 rings (SSSR count). The molecule has 3 aromatic rings. The summed E-state index contributed by atoms with van der Waals surface area (Å²) in [7, 11) is 0. The Hall–Kier alpha value is -2.99. The SMILES string of the molecule is O=C(Nc1nnc(-c2ccc(Br)cc2)s1)C1CCCN1C(=O)Nc1cccc(C(F)(F)F)c1. The third kappa shape index (κ3) is 5.50. The van der Waals surface area contributed by atoms with Gasteiger partial charge in [0.15, 0.2) is 0 Å². The zero-order valence-corrected chi connectivity index (χ0v) is 19.3. The lowest BCUT2D eigenvalue weighted by molar-refractivity contribution is -0.137. The minimum atomic E-state index is -4.52. The van der Waals surface area contributed by atoms with E-state index >= 15 is 0 Å². The average Bonchev–Trinajstić information content (AvgIpc) is 3.44. The Bertz CT molecular complexity index is 1170. The van der Waals surface area contributed by atoms with Crippen LogP contribution in [0.15, 0.2) is 53.0 Å². The number of benzene rings is 2. The van der Waals surface area contributed by atoms with Gasteiger partial charge in [0.2, 0.25) is 11.0 Å². The lowest BCUT2D eigenvalue weighted by Gasteiger charge is -2.24. The first-order valence-corrected chi connectivity index (χ1v) is 11.5. The second-order valence-corrected chi connectivity index (χ2v) is 9.16. The number of anilines is 2. The van der Waals surface area contributed by atoms with E-state index in [-0.39, 0.29) is 5.69 Å². The molecule has 1 aromatic heterocycles. The Morgan fingerprint density at radius 3 is 2.58 bits per heavy atom. The lowest BCUT2D eigenvalue weighted by Crippen LogP contribution is -2.45. The summed E-state index contributed by atoms with van der Waals surface area (Å²) < 4.78 is 39.7. The van der Waals surface area contributed by atoms with Crippen LogP contribution in [0.1, 0.15) is 18.4 Å². The molecule has 2 heterocycles. The highest BCUT2D eigenvalue weighted by Gasteiger charge is 2.35. The molecule has 0 saturated carbocycles. The summed E-state index contributed by atoms with van der Waals surface area (Å²) in [6.07, 6.45) is -3.50. The predicted molar refractivity (Wildman–Crippen MR) is 122 cm³/mol. The monoisotopic (exact) mass is 539 g/mol. The van der Waals surface area contributed by atoms with E-state index < -0.39 is 29.7 Å². The molecule has 1 fully saturated rings. The molecule has 172 valence electrons. The van der Waals surface area contributed by atoms with Gasteiger partial charge in [-0.2, -0.15) is 13.2 Å². The number of halogens is 4. The lowest BCUT2D eigenvalue weighted by atomic mass is 10.2. The van der Waals surface area contributed by atoms with Crippen molar-refractivity contribution in [2.24, 2.45) is 0 Å². The molecule has 33 heavy (non-hydrogen) atoms. The van der Waals surface area contributed by atoms with Gasteiger partial charge in [-0.15, -0.1) is 10.2 Å². The zero-order chi connectivity index (χ0) is 23.6. The summed E-state index contributed by atoms with van der Waals surface area (Å²) >= 11 is 4.57. The quantitative estimate of drug-likeness (QED) is 0.450. The summed E-state index contributed by atoms with van der Waals surface area (Å²) in [5, 5.41) is 14.1. The Kier molecular flexibility index (Phi) is 6.66.